The van der Waals surface area contributed by atoms with Crippen LogP contribution >= 0.6 is 0 Å². The monoisotopic (exact) mass is 122 g/mol. The Morgan fingerprint density at radius 1 is 0.889 bits per heavy atom. The second kappa shape index (κ2) is 6.76. The van der Waals surface area contributed by atoms with E-state index in [0.717, 1.165) is 6.26 Å². The van der Waals surface area contributed by atoms with Crippen molar-refractivity contribution in [1.29, 1.82) is 0 Å². The van der Waals surface area contributed by atoms with Gasteiger partial charge in [0.15, 0.2) is 0 Å². The van der Waals surface area contributed by atoms with E-state index in [1.807, 2.05) is 36.4 Å². The quantitative estimate of drug-likeness (QED) is 0.524. The van der Waals surface area contributed by atoms with Crippen LogP contribution in [0.15, 0.2) is 49.2 Å². The molecule has 0 aliphatic rings. The largest absolute Gasteiger partial charge is 0.516 e. The summed E-state index contributed by atoms with van der Waals surface area (Å²) in [6, 6.07) is 12.0. The van der Waals surface area contributed by atoms with Gasteiger partial charge in [-0.2, -0.15) is 0 Å². The molecule has 9 heavy (non-hydrogen) atoms. The predicted octanol–water partition coefficient (Wildman–Crippen LogP) is 2.37. The second-order valence-corrected chi connectivity index (χ2v) is 1.34. The maximum absolute atomic E-state index is 7.33. The average molecular weight is 122 g/mol. The predicted molar refractivity (Wildman–Crippen MR) is 39.3 cm³/mol. The van der Waals surface area contributed by atoms with E-state index in [1.165, 1.54) is 0 Å². The molecule has 0 bridgehead atoms. The van der Waals surface area contributed by atoms with Gasteiger partial charge in [0.25, 0.3) is 0 Å². The molecule has 1 N–H and O–H groups in total. The number of hydrogen-bond acceptors (Lipinski definition) is 1. The molecule has 0 amide bonds. The van der Waals surface area contributed by atoms with Crippen molar-refractivity contribution in [1.82, 2.24) is 0 Å². The Bertz CT molecular complexity index is 108. The molecular formula is C8H10O. The molecule has 0 saturated heterocycles. The summed E-state index contributed by atoms with van der Waals surface area (Å²) in [5.74, 6) is 0. The topological polar surface area (TPSA) is 20.2 Å². The van der Waals surface area contributed by atoms with Crippen molar-refractivity contribution in [3.63, 3.8) is 0 Å². The zero-order valence-electron chi connectivity index (χ0n) is 5.20. The zero-order chi connectivity index (χ0) is 6.95. The zero-order valence-corrected chi connectivity index (χ0v) is 5.20. The molecule has 1 nitrogen and oxygen atoms in total. The molecule has 1 rings (SSSR count). The molecule has 0 spiro atoms. The van der Waals surface area contributed by atoms with Crippen LogP contribution in [0, 0.1) is 0 Å². The fraction of sp³-hybridized carbons (Fsp3) is 0. The molecule has 48 valence electrons. The van der Waals surface area contributed by atoms with Crippen LogP contribution in [0.3, 0.4) is 0 Å². The van der Waals surface area contributed by atoms with E-state index in [1.54, 1.807) is 0 Å². The molecular weight excluding hydrogens is 112 g/mol. The Hall–Kier alpha value is -1.24. The maximum Gasteiger partial charge on any atom is 0.0719 e. The summed E-state index contributed by atoms with van der Waals surface area (Å²) >= 11 is 0. The average Bonchev–Trinajstić information content (AvgIpc) is 1.93. The molecule has 0 heterocycles. The lowest BCUT2D eigenvalue weighted by Gasteiger charge is -1.69. The van der Waals surface area contributed by atoms with Gasteiger partial charge in [-0.25, -0.2) is 0 Å². The number of aliphatic hydroxyl groups excluding tert-OH is 1. The van der Waals surface area contributed by atoms with E-state index in [-0.39, 0.29) is 0 Å². The summed E-state index contributed by atoms with van der Waals surface area (Å²) < 4.78 is 0. The summed E-state index contributed by atoms with van der Waals surface area (Å²) in [5, 5.41) is 7.33. The first-order valence-electron chi connectivity index (χ1n) is 2.67. The molecule has 1 aromatic rings. The van der Waals surface area contributed by atoms with E-state index in [9.17, 15) is 0 Å². The van der Waals surface area contributed by atoms with Crippen molar-refractivity contribution in [2.24, 2.45) is 0 Å². The van der Waals surface area contributed by atoms with Crippen molar-refractivity contribution >= 4 is 0 Å². The van der Waals surface area contributed by atoms with Gasteiger partial charge in [-0.3, -0.25) is 0 Å². The van der Waals surface area contributed by atoms with Crippen LogP contribution < -0.4 is 0 Å². The lowest BCUT2D eigenvalue weighted by atomic mass is 10.4. The van der Waals surface area contributed by atoms with Crippen LogP contribution in [0.5, 0.6) is 0 Å². The lowest BCUT2D eigenvalue weighted by Crippen LogP contribution is -1.47. The molecule has 1 aromatic carbocycles. The Balaban J connectivity index is 0.000000187. The first-order chi connectivity index (χ1) is 4.41. The highest BCUT2D eigenvalue weighted by molar-refractivity contribution is 4.99. The Labute approximate surface area is 55.3 Å². The summed E-state index contributed by atoms with van der Waals surface area (Å²) in [6.07, 6.45) is 0.750. The van der Waals surface area contributed by atoms with Gasteiger partial charge in [-0.05, 0) is 0 Å². The van der Waals surface area contributed by atoms with Gasteiger partial charge < -0.3 is 5.11 Å². The minimum absolute atomic E-state index is 0.750. The summed E-state index contributed by atoms with van der Waals surface area (Å²) in [4.78, 5) is 0. The SMILES string of the molecule is C=CO.c1ccccc1. The van der Waals surface area contributed by atoms with Crippen molar-refractivity contribution < 1.29 is 5.11 Å². The third kappa shape index (κ3) is 6.76. The minimum atomic E-state index is 0.750. The van der Waals surface area contributed by atoms with Crippen LogP contribution in [-0.4, -0.2) is 5.11 Å². The fourth-order valence-corrected chi connectivity index (χ4v) is 0.385. The number of benzene rings is 1. The summed E-state index contributed by atoms with van der Waals surface area (Å²) in [6.45, 7) is 2.92. The first-order valence-corrected chi connectivity index (χ1v) is 2.67. The third-order valence-corrected chi connectivity index (χ3v) is 0.667. The van der Waals surface area contributed by atoms with Crippen LogP contribution in [0.25, 0.3) is 0 Å². The molecule has 0 unspecified atom stereocenters. The highest BCUT2D eigenvalue weighted by Crippen LogP contribution is 1.79. The molecule has 1 heteroatoms. The minimum Gasteiger partial charge on any atom is -0.516 e. The molecule has 0 atom stereocenters. The Kier molecular flexibility index (Phi) is 5.83. The Morgan fingerprint density at radius 3 is 1.11 bits per heavy atom. The molecule has 0 saturated carbocycles. The van der Waals surface area contributed by atoms with Gasteiger partial charge >= 0.3 is 0 Å². The fourth-order valence-electron chi connectivity index (χ4n) is 0.385. The summed E-state index contributed by atoms with van der Waals surface area (Å²) in [7, 11) is 0. The molecule has 0 aromatic heterocycles. The van der Waals surface area contributed by atoms with E-state index in [2.05, 4.69) is 6.58 Å². The van der Waals surface area contributed by atoms with E-state index >= 15 is 0 Å². The third-order valence-electron chi connectivity index (χ3n) is 0.667. The molecule has 0 radical (unpaired) electrons. The molecule has 0 fully saturated rings. The van der Waals surface area contributed by atoms with Crippen molar-refractivity contribution in [3.8, 4) is 0 Å². The lowest BCUT2D eigenvalue weighted by molar-refractivity contribution is 0.476. The Morgan fingerprint density at radius 2 is 1.00 bits per heavy atom. The van der Waals surface area contributed by atoms with Gasteiger partial charge in [0, 0.05) is 0 Å². The first kappa shape index (κ1) is 7.76. The van der Waals surface area contributed by atoms with Crippen LogP contribution in [0.2, 0.25) is 0 Å². The van der Waals surface area contributed by atoms with Crippen molar-refractivity contribution in [3.05, 3.63) is 49.2 Å². The number of rotatable bonds is 0. The van der Waals surface area contributed by atoms with Crippen molar-refractivity contribution in [2.45, 2.75) is 0 Å². The summed E-state index contributed by atoms with van der Waals surface area (Å²) in [5.41, 5.74) is 0. The standard InChI is InChI=1S/C6H6.C2H4O/c1-2-4-6-5-3-1;1-2-3/h1-6H;2-3H,1H2. The van der Waals surface area contributed by atoms with Crippen molar-refractivity contribution in [2.75, 3.05) is 0 Å². The van der Waals surface area contributed by atoms with Gasteiger partial charge in [0.05, 0.1) is 6.26 Å². The maximum atomic E-state index is 7.33. The van der Waals surface area contributed by atoms with E-state index in [4.69, 9.17) is 5.11 Å². The number of hydrogen-bond donors (Lipinski definition) is 1. The smallest absolute Gasteiger partial charge is 0.0719 e. The van der Waals surface area contributed by atoms with Gasteiger partial charge in [0.1, 0.15) is 0 Å². The van der Waals surface area contributed by atoms with Gasteiger partial charge in [-0.15, -0.1) is 0 Å². The highest BCUT2D eigenvalue weighted by Gasteiger charge is 1.57. The van der Waals surface area contributed by atoms with E-state index in [0.29, 0.717) is 0 Å². The van der Waals surface area contributed by atoms with Gasteiger partial charge in [-0.1, -0.05) is 43.0 Å². The van der Waals surface area contributed by atoms with Gasteiger partial charge in [0.2, 0.25) is 0 Å². The van der Waals surface area contributed by atoms with E-state index < -0.39 is 0 Å². The van der Waals surface area contributed by atoms with Crippen LogP contribution in [0.4, 0.5) is 0 Å². The highest BCUT2D eigenvalue weighted by atomic mass is 16.2. The second-order valence-electron chi connectivity index (χ2n) is 1.34. The number of aliphatic hydroxyl groups is 1. The molecule has 0 aliphatic carbocycles. The normalized spacial score (nSPS) is 6.67. The van der Waals surface area contributed by atoms with Crippen LogP contribution in [0.1, 0.15) is 0 Å². The molecule has 0 aliphatic heterocycles. The van der Waals surface area contributed by atoms with Crippen LogP contribution in [-0.2, 0) is 0 Å².